The summed E-state index contributed by atoms with van der Waals surface area (Å²) in [4.78, 5) is 2.44. The third-order valence-corrected chi connectivity index (χ3v) is 6.79. The van der Waals surface area contributed by atoms with Crippen molar-refractivity contribution in [2.24, 2.45) is 5.16 Å². The molecule has 0 saturated carbocycles. The van der Waals surface area contributed by atoms with Crippen molar-refractivity contribution in [2.45, 2.75) is 31.3 Å². The van der Waals surface area contributed by atoms with Gasteiger partial charge in [-0.3, -0.25) is 4.90 Å². The van der Waals surface area contributed by atoms with Crippen LogP contribution in [0.3, 0.4) is 0 Å². The van der Waals surface area contributed by atoms with Gasteiger partial charge in [0.2, 0.25) is 0 Å². The van der Waals surface area contributed by atoms with Crippen molar-refractivity contribution >= 4 is 5.71 Å². The summed E-state index contributed by atoms with van der Waals surface area (Å²) in [7, 11) is 0. The van der Waals surface area contributed by atoms with E-state index in [2.05, 4.69) is 10.1 Å². The molecule has 2 aliphatic heterocycles. The first-order chi connectivity index (χ1) is 17.1. The number of hydrogen-bond donors (Lipinski definition) is 3. The lowest BCUT2D eigenvalue weighted by Crippen LogP contribution is -2.33. The largest absolute Gasteiger partial charge is 0.508 e. The Morgan fingerprint density at radius 3 is 2.26 bits per heavy atom. The van der Waals surface area contributed by atoms with E-state index in [0.717, 1.165) is 36.5 Å². The summed E-state index contributed by atoms with van der Waals surface area (Å²) >= 11 is 0. The van der Waals surface area contributed by atoms with Gasteiger partial charge < -0.3 is 24.9 Å². The van der Waals surface area contributed by atoms with Crippen molar-refractivity contribution in [1.29, 1.82) is 0 Å². The molecule has 5 rings (SSSR count). The SMILES string of the molecule is O/N=C1\c2ccc(O)cc2O[C@H](c2ccc(OCCN3CCCCC3)cc2)[C@@H]1c1ccc(O)cc1. The molecule has 0 unspecified atom stereocenters. The first-order valence-corrected chi connectivity index (χ1v) is 12.1. The third-order valence-electron chi connectivity index (χ3n) is 6.79. The first-order valence-electron chi connectivity index (χ1n) is 12.1. The van der Waals surface area contributed by atoms with E-state index in [9.17, 15) is 15.4 Å². The average Bonchev–Trinajstić information content (AvgIpc) is 2.89. The van der Waals surface area contributed by atoms with Crippen LogP contribution in [0, 0.1) is 0 Å². The highest BCUT2D eigenvalue weighted by atomic mass is 16.5. The minimum atomic E-state index is -0.512. The number of phenols is 2. The number of benzene rings is 3. The summed E-state index contributed by atoms with van der Waals surface area (Å²) in [6.45, 7) is 3.86. The van der Waals surface area contributed by atoms with Gasteiger partial charge in [-0.25, -0.2) is 0 Å². The van der Waals surface area contributed by atoms with Crippen LogP contribution < -0.4 is 9.47 Å². The van der Waals surface area contributed by atoms with Gasteiger partial charge in [0.25, 0.3) is 0 Å². The molecule has 3 aromatic rings. The second kappa shape index (κ2) is 10.3. The number of fused-ring (bicyclic) bond motifs is 1. The molecule has 0 aliphatic carbocycles. The van der Waals surface area contributed by atoms with E-state index < -0.39 is 12.0 Å². The first kappa shape index (κ1) is 23.1. The number of nitrogens with zero attached hydrogens (tertiary/aromatic N) is 2. The lowest BCUT2D eigenvalue weighted by Gasteiger charge is -2.35. The van der Waals surface area contributed by atoms with Crippen LogP contribution in [0.15, 0.2) is 71.9 Å². The van der Waals surface area contributed by atoms with E-state index in [4.69, 9.17) is 9.47 Å². The minimum absolute atomic E-state index is 0.0697. The molecule has 7 heteroatoms. The van der Waals surface area contributed by atoms with Gasteiger partial charge in [0.15, 0.2) is 0 Å². The normalized spacial score (nSPS) is 21.3. The summed E-state index contributed by atoms with van der Waals surface area (Å²) in [6.07, 6.45) is 3.33. The second-order valence-corrected chi connectivity index (χ2v) is 9.09. The van der Waals surface area contributed by atoms with Crippen molar-refractivity contribution in [2.75, 3.05) is 26.2 Å². The quantitative estimate of drug-likeness (QED) is 0.342. The van der Waals surface area contributed by atoms with Crippen molar-refractivity contribution in [3.63, 3.8) is 0 Å². The Morgan fingerprint density at radius 2 is 1.54 bits per heavy atom. The summed E-state index contributed by atoms with van der Waals surface area (Å²) < 4.78 is 12.3. The molecule has 0 aromatic heterocycles. The molecule has 0 bridgehead atoms. The average molecular weight is 475 g/mol. The van der Waals surface area contributed by atoms with Crippen LogP contribution in [0.4, 0.5) is 0 Å². The number of piperidine rings is 1. The highest BCUT2D eigenvalue weighted by Gasteiger charge is 2.38. The molecule has 3 aromatic carbocycles. The van der Waals surface area contributed by atoms with Crippen LogP contribution in [0.1, 0.15) is 48.0 Å². The Balaban J connectivity index is 1.40. The van der Waals surface area contributed by atoms with Crippen LogP contribution in [0.5, 0.6) is 23.0 Å². The smallest absolute Gasteiger partial charge is 0.136 e. The topological polar surface area (TPSA) is 94.8 Å². The van der Waals surface area contributed by atoms with Gasteiger partial charge in [-0.15, -0.1) is 0 Å². The van der Waals surface area contributed by atoms with Gasteiger partial charge in [-0.2, -0.15) is 0 Å². The van der Waals surface area contributed by atoms with E-state index >= 15 is 0 Å². The number of aromatic hydroxyl groups is 2. The van der Waals surface area contributed by atoms with Crippen molar-refractivity contribution in [3.8, 4) is 23.0 Å². The molecule has 7 nitrogen and oxygen atoms in total. The third kappa shape index (κ3) is 5.05. The fraction of sp³-hybridized carbons (Fsp3) is 0.321. The molecule has 2 atom stereocenters. The maximum Gasteiger partial charge on any atom is 0.136 e. The van der Waals surface area contributed by atoms with Crippen LogP contribution in [-0.2, 0) is 0 Å². The molecule has 2 heterocycles. The van der Waals surface area contributed by atoms with Gasteiger partial charge in [-0.05, 0) is 73.5 Å². The molecule has 0 radical (unpaired) electrons. The van der Waals surface area contributed by atoms with E-state index in [-0.39, 0.29) is 11.5 Å². The fourth-order valence-electron chi connectivity index (χ4n) is 4.96. The van der Waals surface area contributed by atoms with E-state index in [1.165, 1.54) is 31.4 Å². The van der Waals surface area contributed by atoms with Crippen LogP contribution in [0.2, 0.25) is 0 Å². The summed E-state index contributed by atoms with van der Waals surface area (Å²) in [5, 5.41) is 33.4. The maximum absolute atomic E-state index is 10.0. The number of hydrogen-bond acceptors (Lipinski definition) is 7. The van der Waals surface area contributed by atoms with Crippen molar-refractivity contribution in [3.05, 3.63) is 83.4 Å². The Kier molecular flexibility index (Phi) is 6.77. The number of phenolic OH excluding ortho intramolecular Hbond substituents is 2. The van der Waals surface area contributed by atoms with E-state index in [1.54, 1.807) is 30.3 Å². The van der Waals surface area contributed by atoms with Crippen LogP contribution >= 0.6 is 0 Å². The van der Waals surface area contributed by atoms with Gasteiger partial charge in [0.05, 0.1) is 5.92 Å². The molecular weight excluding hydrogens is 444 g/mol. The zero-order valence-electron chi connectivity index (χ0n) is 19.5. The number of oxime groups is 1. The van der Waals surface area contributed by atoms with Crippen molar-refractivity contribution in [1.82, 2.24) is 4.90 Å². The van der Waals surface area contributed by atoms with Crippen LogP contribution in [0.25, 0.3) is 0 Å². The zero-order chi connectivity index (χ0) is 24.2. The Morgan fingerprint density at radius 1 is 0.857 bits per heavy atom. The molecule has 35 heavy (non-hydrogen) atoms. The molecule has 0 amide bonds. The molecule has 182 valence electrons. The monoisotopic (exact) mass is 474 g/mol. The number of ether oxygens (including phenoxy) is 2. The molecule has 1 saturated heterocycles. The van der Waals surface area contributed by atoms with Gasteiger partial charge in [0.1, 0.15) is 41.4 Å². The fourth-order valence-corrected chi connectivity index (χ4v) is 4.96. The maximum atomic E-state index is 10.0. The second-order valence-electron chi connectivity index (χ2n) is 9.09. The summed E-state index contributed by atoms with van der Waals surface area (Å²) in [5.74, 6) is 1.03. The molecule has 1 fully saturated rings. The lowest BCUT2D eigenvalue weighted by atomic mass is 9.80. The highest BCUT2D eigenvalue weighted by molar-refractivity contribution is 6.08. The van der Waals surface area contributed by atoms with Gasteiger partial charge in [-0.1, -0.05) is 35.8 Å². The summed E-state index contributed by atoms with van der Waals surface area (Å²) in [6, 6.07) is 19.3. The van der Waals surface area contributed by atoms with Gasteiger partial charge in [0, 0.05) is 18.2 Å². The predicted octanol–water partition coefficient (Wildman–Crippen LogP) is 5.06. The molecular formula is C28H30N2O5. The number of rotatable bonds is 6. The Bertz CT molecular complexity index is 1170. The Labute approximate surface area is 204 Å². The number of likely N-dealkylation sites (tertiary alicyclic amines) is 1. The van der Waals surface area contributed by atoms with E-state index in [0.29, 0.717) is 23.6 Å². The lowest BCUT2D eigenvalue weighted by molar-refractivity contribution is 0.180. The van der Waals surface area contributed by atoms with Crippen LogP contribution in [-0.4, -0.2) is 52.3 Å². The van der Waals surface area contributed by atoms with Crippen molar-refractivity contribution < 1.29 is 24.9 Å². The molecule has 2 aliphatic rings. The Hall–Kier alpha value is -3.71. The van der Waals surface area contributed by atoms with E-state index in [1.807, 2.05) is 24.3 Å². The summed E-state index contributed by atoms with van der Waals surface area (Å²) in [5.41, 5.74) is 2.75. The molecule has 3 N–H and O–H groups in total. The zero-order valence-corrected chi connectivity index (χ0v) is 19.5. The van der Waals surface area contributed by atoms with Gasteiger partial charge >= 0.3 is 0 Å². The minimum Gasteiger partial charge on any atom is -0.508 e. The highest BCUT2D eigenvalue weighted by Crippen LogP contribution is 2.45. The molecule has 0 spiro atoms. The predicted molar refractivity (Wildman–Crippen MR) is 133 cm³/mol. The standard InChI is InChI=1S/C28H30N2O5/c31-21-8-4-19(5-9-21)26-27(29-33)24-13-10-22(32)18-25(24)35-28(26)20-6-11-23(12-7-20)34-17-16-30-14-2-1-3-15-30/h4-13,18,26,28,31-33H,1-3,14-17H2/b29-27+/t26-,28-/m1/s1.